The van der Waals surface area contributed by atoms with E-state index in [1.165, 1.54) is 18.6 Å². The van der Waals surface area contributed by atoms with Gasteiger partial charge in [0.2, 0.25) is 5.91 Å². The van der Waals surface area contributed by atoms with Gasteiger partial charge in [0.25, 0.3) is 0 Å². The predicted molar refractivity (Wildman–Crippen MR) is 106 cm³/mol. The Balaban J connectivity index is 1.78. The van der Waals surface area contributed by atoms with E-state index in [1.807, 2.05) is 18.2 Å². The van der Waals surface area contributed by atoms with Crippen molar-refractivity contribution >= 4 is 5.91 Å². The molecule has 2 aromatic carbocycles. The highest BCUT2D eigenvalue weighted by Crippen LogP contribution is 2.27. The van der Waals surface area contributed by atoms with E-state index in [9.17, 15) is 9.18 Å². The van der Waals surface area contributed by atoms with E-state index in [1.54, 1.807) is 26.4 Å². The monoisotopic (exact) mass is 386 g/mol. The SMILES string of the molecule is COc1ccc(OC)c(CNC(=O)C(c2ccc(F)cc2)N2CCCCC2)c1. The van der Waals surface area contributed by atoms with Gasteiger partial charge in [-0.25, -0.2) is 4.39 Å². The minimum Gasteiger partial charge on any atom is -0.497 e. The largest absolute Gasteiger partial charge is 0.497 e. The van der Waals surface area contributed by atoms with Gasteiger partial charge in [-0.2, -0.15) is 0 Å². The van der Waals surface area contributed by atoms with E-state index in [4.69, 9.17) is 9.47 Å². The van der Waals surface area contributed by atoms with Crippen LogP contribution in [0.25, 0.3) is 0 Å². The Labute approximate surface area is 165 Å². The third kappa shape index (κ3) is 4.81. The normalized spacial score (nSPS) is 15.7. The van der Waals surface area contributed by atoms with Crippen LogP contribution >= 0.6 is 0 Å². The summed E-state index contributed by atoms with van der Waals surface area (Å²) in [6, 6.07) is 11.3. The lowest BCUT2D eigenvalue weighted by molar-refractivity contribution is -0.127. The van der Waals surface area contributed by atoms with E-state index in [2.05, 4.69) is 10.2 Å². The number of rotatable bonds is 7. The lowest BCUT2D eigenvalue weighted by Gasteiger charge is -2.34. The first-order valence-corrected chi connectivity index (χ1v) is 9.60. The van der Waals surface area contributed by atoms with Gasteiger partial charge < -0.3 is 14.8 Å². The van der Waals surface area contributed by atoms with Gasteiger partial charge in [-0.3, -0.25) is 9.69 Å². The highest BCUT2D eigenvalue weighted by molar-refractivity contribution is 5.83. The summed E-state index contributed by atoms with van der Waals surface area (Å²) in [4.78, 5) is 15.3. The highest BCUT2D eigenvalue weighted by Gasteiger charge is 2.28. The molecule has 1 N–H and O–H groups in total. The molecule has 0 bridgehead atoms. The van der Waals surface area contributed by atoms with Crippen molar-refractivity contribution in [3.8, 4) is 11.5 Å². The first kappa shape index (κ1) is 20.1. The Hall–Kier alpha value is -2.60. The summed E-state index contributed by atoms with van der Waals surface area (Å²) < 4.78 is 24.0. The Morgan fingerprint density at radius 1 is 1.07 bits per heavy atom. The van der Waals surface area contributed by atoms with Crippen molar-refractivity contribution in [3.63, 3.8) is 0 Å². The number of hydrogen-bond acceptors (Lipinski definition) is 4. The van der Waals surface area contributed by atoms with Crippen LogP contribution < -0.4 is 14.8 Å². The molecule has 1 saturated heterocycles. The zero-order valence-electron chi connectivity index (χ0n) is 16.4. The topological polar surface area (TPSA) is 50.8 Å². The van der Waals surface area contributed by atoms with Crippen LogP contribution in [-0.4, -0.2) is 38.1 Å². The predicted octanol–water partition coefficient (Wildman–Crippen LogP) is 3.69. The molecule has 3 rings (SSSR count). The van der Waals surface area contributed by atoms with Crippen molar-refractivity contribution in [2.45, 2.75) is 31.8 Å². The van der Waals surface area contributed by atoms with Crippen LogP contribution in [0.2, 0.25) is 0 Å². The summed E-state index contributed by atoms with van der Waals surface area (Å²) in [5.41, 5.74) is 1.64. The van der Waals surface area contributed by atoms with Crippen molar-refractivity contribution in [3.05, 3.63) is 59.4 Å². The molecule has 1 aliphatic rings. The van der Waals surface area contributed by atoms with Gasteiger partial charge in [0.15, 0.2) is 0 Å². The number of amides is 1. The average molecular weight is 386 g/mol. The van der Waals surface area contributed by atoms with Gasteiger partial charge in [-0.15, -0.1) is 0 Å². The van der Waals surface area contributed by atoms with Gasteiger partial charge in [0.05, 0.1) is 14.2 Å². The van der Waals surface area contributed by atoms with Gasteiger partial charge in [-0.1, -0.05) is 18.6 Å². The minimum absolute atomic E-state index is 0.0987. The number of carbonyl (C=O) groups is 1. The van der Waals surface area contributed by atoms with Crippen LogP contribution in [0.3, 0.4) is 0 Å². The maximum absolute atomic E-state index is 13.4. The van der Waals surface area contributed by atoms with Crippen LogP contribution in [0.4, 0.5) is 4.39 Å². The smallest absolute Gasteiger partial charge is 0.242 e. The van der Waals surface area contributed by atoms with Gasteiger partial charge in [-0.05, 0) is 61.8 Å². The molecule has 1 heterocycles. The molecular weight excluding hydrogens is 359 g/mol. The van der Waals surface area contributed by atoms with E-state index in [0.717, 1.165) is 37.1 Å². The fourth-order valence-electron chi connectivity index (χ4n) is 3.65. The molecule has 1 aliphatic heterocycles. The molecule has 150 valence electrons. The third-order valence-electron chi connectivity index (χ3n) is 5.13. The lowest BCUT2D eigenvalue weighted by atomic mass is 10.0. The van der Waals surface area contributed by atoms with Crippen molar-refractivity contribution in [2.75, 3.05) is 27.3 Å². The number of halogens is 1. The molecule has 1 atom stereocenters. The van der Waals surface area contributed by atoms with Crippen LogP contribution in [-0.2, 0) is 11.3 Å². The zero-order chi connectivity index (χ0) is 19.9. The quantitative estimate of drug-likeness (QED) is 0.789. The summed E-state index contributed by atoms with van der Waals surface area (Å²) >= 11 is 0. The number of methoxy groups -OCH3 is 2. The van der Waals surface area contributed by atoms with Crippen molar-refractivity contribution in [1.29, 1.82) is 0 Å². The van der Waals surface area contributed by atoms with Crippen molar-refractivity contribution in [1.82, 2.24) is 10.2 Å². The van der Waals surface area contributed by atoms with E-state index < -0.39 is 6.04 Å². The summed E-state index contributed by atoms with van der Waals surface area (Å²) in [5.74, 6) is 0.995. The van der Waals surface area contributed by atoms with E-state index in [0.29, 0.717) is 18.0 Å². The number of piperidine rings is 1. The Kier molecular flexibility index (Phi) is 6.87. The second-order valence-corrected chi connectivity index (χ2v) is 6.95. The maximum atomic E-state index is 13.4. The standard InChI is InChI=1S/C22H27FN2O3/c1-27-19-10-11-20(28-2)17(14-19)15-24-22(26)21(25-12-4-3-5-13-25)16-6-8-18(23)9-7-16/h6-11,14,21H,3-5,12-13,15H2,1-2H3,(H,24,26). The first-order valence-electron chi connectivity index (χ1n) is 9.60. The number of carbonyl (C=O) groups excluding carboxylic acids is 1. The number of benzene rings is 2. The van der Waals surface area contributed by atoms with Crippen LogP contribution in [0, 0.1) is 5.82 Å². The van der Waals surface area contributed by atoms with Gasteiger partial charge in [0.1, 0.15) is 23.4 Å². The van der Waals surface area contributed by atoms with E-state index in [-0.39, 0.29) is 11.7 Å². The number of hydrogen-bond donors (Lipinski definition) is 1. The summed E-state index contributed by atoms with van der Waals surface area (Å²) in [6.07, 6.45) is 3.30. The molecule has 1 unspecified atom stereocenters. The minimum atomic E-state index is -0.433. The zero-order valence-corrected chi connectivity index (χ0v) is 16.4. The molecular formula is C22H27FN2O3. The van der Waals surface area contributed by atoms with E-state index >= 15 is 0 Å². The lowest BCUT2D eigenvalue weighted by Crippen LogP contribution is -2.42. The van der Waals surface area contributed by atoms with Gasteiger partial charge >= 0.3 is 0 Å². The molecule has 28 heavy (non-hydrogen) atoms. The first-order chi connectivity index (χ1) is 13.6. The Morgan fingerprint density at radius 2 is 1.79 bits per heavy atom. The third-order valence-corrected chi connectivity index (χ3v) is 5.13. The van der Waals surface area contributed by atoms with Crippen LogP contribution in [0.5, 0.6) is 11.5 Å². The maximum Gasteiger partial charge on any atom is 0.242 e. The van der Waals surface area contributed by atoms with Crippen molar-refractivity contribution < 1.29 is 18.7 Å². The summed E-state index contributed by atoms with van der Waals surface area (Å²) in [5, 5.41) is 3.03. The molecule has 0 spiro atoms. The number of nitrogens with zero attached hydrogens (tertiary/aromatic N) is 1. The Bertz CT molecular complexity index is 789. The second kappa shape index (κ2) is 9.55. The molecule has 0 radical (unpaired) electrons. The Morgan fingerprint density at radius 3 is 2.43 bits per heavy atom. The van der Waals surface area contributed by atoms with Crippen LogP contribution in [0.1, 0.15) is 36.4 Å². The summed E-state index contributed by atoms with van der Waals surface area (Å²) in [7, 11) is 3.20. The fourth-order valence-corrected chi connectivity index (χ4v) is 3.65. The molecule has 5 nitrogen and oxygen atoms in total. The van der Waals surface area contributed by atoms with Crippen molar-refractivity contribution in [2.24, 2.45) is 0 Å². The van der Waals surface area contributed by atoms with Crippen LogP contribution in [0.15, 0.2) is 42.5 Å². The summed E-state index contributed by atoms with van der Waals surface area (Å²) in [6.45, 7) is 2.04. The molecule has 1 fully saturated rings. The fraction of sp³-hybridized carbons (Fsp3) is 0.409. The average Bonchev–Trinajstić information content (AvgIpc) is 2.74. The second-order valence-electron chi connectivity index (χ2n) is 6.95. The highest BCUT2D eigenvalue weighted by atomic mass is 19.1. The number of likely N-dealkylation sites (tertiary alicyclic amines) is 1. The molecule has 6 heteroatoms. The van der Waals surface area contributed by atoms with Gasteiger partial charge in [0, 0.05) is 12.1 Å². The molecule has 0 saturated carbocycles. The molecule has 2 aromatic rings. The molecule has 0 aliphatic carbocycles. The molecule has 0 aromatic heterocycles. The number of ether oxygens (including phenoxy) is 2. The number of nitrogens with one attached hydrogen (secondary N) is 1. The molecule has 1 amide bonds.